The Labute approximate surface area is 118 Å². The number of amides is 1. The molecule has 1 unspecified atom stereocenters. The molecule has 0 saturated carbocycles. The molecule has 5 nitrogen and oxygen atoms in total. The van der Waals surface area contributed by atoms with Crippen LogP contribution in [0.4, 0.5) is 0 Å². The van der Waals surface area contributed by atoms with Crippen molar-refractivity contribution in [2.24, 2.45) is 5.92 Å². The molecule has 0 bridgehead atoms. The van der Waals surface area contributed by atoms with E-state index in [-0.39, 0.29) is 11.8 Å². The van der Waals surface area contributed by atoms with Crippen molar-refractivity contribution in [3.05, 3.63) is 0 Å². The average Bonchev–Trinajstić information content (AvgIpc) is 2.38. The maximum atomic E-state index is 12.3. The first-order valence-corrected chi connectivity index (χ1v) is 7.16. The highest BCUT2D eigenvalue weighted by molar-refractivity contribution is 5.78. The number of nitrogens with zero attached hydrogens (tertiary/aromatic N) is 2. The van der Waals surface area contributed by atoms with Crippen LogP contribution in [0.1, 0.15) is 20.3 Å². The molecule has 0 aromatic heterocycles. The predicted octanol–water partition coefficient (Wildman–Crippen LogP) is 0.659. The number of nitrogens with one attached hydrogen (secondary N) is 1. The largest absolute Gasteiger partial charge is 0.383 e. The molecule has 0 aromatic carbocycles. The van der Waals surface area contributed by atoms with E-state index in [1.165, 1.54) is 0 Å². The predicted molar refractivity (Wildman–Crippen MR) is 79.3 cm³/mol. The summed E-state index contributed by atoms with van der Waals surface area (Å²) in [5.41, 5.74) is 0. The van der Waals surface area contributed by atoms with Crippen LogP contribution < -0.4 is 5.32 Å². The van der Waals surface area contributed by atoms with Gasteiger partial charge in [0.25, 0.3) is 0 Å². The number of ether oxygens (including phenoxy) is 1. The van der Waals surface area contributed by atoms with Crippen LogP contribution in [0.5, 0.6) is 0 Å². The Morgan fingerprint density at radius 3 is 2.47 bits per heavy atom. The highest BCUT2D eigenvalue weighted by Crippen LogP contribution is 2.03. The second kappa shape index (κ2) is 11.2. The Balaban J connectivity index is 4.24. The lowest BCUT2D eigenvalue weighted by Gasteiger charge is -2.26. The van der Waals surface area contributed by atoms with E-state index in [2.05, 4.69) is 31.2 Å². The molecule has 0 rings (SSSR count). The monoisotopic (exact) mass is 273 g/mol. The van der Waals surface area contributed by atoms with Crippen molar-refractivity contribution in [1.29, 1.82) is 0 Å². The van der Waals surface area contributed by atoms with E-state index in [0.29, 0.717) is 13.2 Å². The molecular weight excluding hydrogens is 242 g/mol. The van der Waals surface area contributed by atoms with Gasteiger partial charge in [0.2, 0.25) is 5.91 Å². The van der Waals surface area contributed by atoms with Crippen molar-refractivity contribution in [2.75, 3.05) is 60.5 Å². The van der Waals surface area contributed by atoms with Crippen LogP contribution in [-0.4, -0.2) is 76.2 Å². The number of carbonyl (C=O) groups is 1. The third-order valence-corrected chi connectivity index (χ3v) is 3.03. The maximum Gasteiger partial charge on any atom is 0.226 e. The molecular formula is C14H31N3O2. The lowest BCUT2D eigenvalue weighted by molar-refractivity contribution is -0.135. The van der Waals surface area contributed by atoms with E-state index in [1.54, 1.807) is 7.11 Å². The van der Waals surface area contributed by atoms with Gasteiger partial charge in [-0.25, -0.2) is 0 Å². The van der Waals surface area contributed by atoms with Gasteiger partial charge in [0.1, 0.15) is 0 Å². The van der Waals surface area contributed by atoms with Gasteiger partial charge in [-0.3, -0.25) is 4.79 Å². The fourth-order valence-electron chi connectivity index (χ4n) is 1.87. The molecule has 0 aliphatic heterocycles. The van der Waals surface area contributed by atoms with E-state index in [0.717, 1.165) is 32.6 Å². The Kier molecular flexibility index (Phi) is 10.8. The van der Waals surface area contributed by atoms with Gasteiger partial charge in [0.15, 0.2) is 0 Å². The molecule has 5 heteroatoms. The summed E-state index contributed by atoms with van der Waals surface area (Å²) in [6.45, 7) is 8.76. The van der Waals surface area contributed by atoms with Gasteiger partial charge < -0.3 is 19.9 Å². The summed E-state index contributed by atoms with van der Waals surface area (Å²) < 4.78 is 5.09. The van der Waals surface area contributed by atoms with Crippen LogP contribution in [0.15, 0.2) is 0 Å². The fourth-order valence-corrected chi connectivity index (χ4v) is 1.87. The van der Waals surface area contributed by atoms with Crippen LogP contribution in [0.3, 0.4) is 0 Å². The van der Waals surface area contributed by atoms with E-state index in [9.17, 15) is 4.79 Å². The van der Waals surface area contributed by atoms with Gasteiger partial charge in [0, 0.05) is 32.7 Å². The van der Waals surface area contributed by atoms with E-state index >= 15 is 0 Å². The first kappa shape index (κ1) is 18.4. The number of carbonyl (C=O) groups excluding carboxylic acids is 1. The molecule has 0 aliphatic carbocycles. The fraction of sp³-hybridized carbons (Fsp3) is 0.929. The van der Waals surface area contributed by atoms with Crippen molar-refractivity contribution >= 4 is 5.91 Å². The minimum absolute atomic E-state index is 0.0242. The van der Waals surface area contributed by atoms with Crippen LogP contribution >= 0.6 is 0 Å². The second-order valence-electron chi connectivity index (χ2n) is 5.18. The minimum atomic E-state index is 0.0242. The maximum absolute atomic E-state index is 12.3. The highest BCUT2D eigenvalue weighted by Gasteiger charge is 2.19. The third kappa shape index (κ3) is 8.97. The van der Waals surface area contributed by atoms with Crippen molar-refractivity contribution in [2.45, 2.75) is 20.3 Å². The molecule has 1 atom stereocenters. The first-order valence-electron chi connectivity index (χ1n) is 7.16. The first-order chi connectivity index (χ1) is 9.02. The van der Waals surface area contributed by atoms with Gasteiger partial charge in [-0.2, -0.15) is 0 Å². The topological polar surface area (TPSA) is 44.8 Å². The Hall–Kier alpha value is -0.650. The summed E-state index contributed by atoms with van der Waals surface area (Å²) in [6, 6.07) is 0. The van der Waals surface area contributed by atoms with E-state index < -0.39 is 0 Å². The summed E-state index contributed by atoms with van der Waals surface area (Å²) in [5.74, 6) is 0.243. The van der Waals surface area contributed by atoms with Gasteiger partial charge in [-0.15, -0.1) is 0 Å². The average molecular weight is 273 g/mol. The van der Waals surface area contributed by atoms with Crippen molar-refractivity contribution in [3.63, 3.8) is 0 Å². The van der Waals surface area contributed by atoms with E-state index in [1.807, 2.05) is 11.8 Å². The number of rotatable bonds is 11. The Bertz CT molecular complexity index is 235. The van der Waals surface area contributed by atoms with Gasteiger partial charge >= 0.3 is 0 Å². The lowest BCUT2D eigenvalue weighted by Crippen LogP contribution is -2.41. The normalized spacial score (nSPS) is 12.7. The molecule has 0 aliphatic rings. The molecule has 0 radical (unpaired) electrons. The van der Waals surface area contributed by atoms with Crippen LogP contribution in [-0.2, 0) is 9.53 Å². The van der Waals surface area contributed by atoms with Gasteiger partial charge in [-0.05, 0) is 33.6 Å². The summed E-state index contributed by atoms with van der Waals surface area (Å²) in [6.07, 6.45) is 0.996. The molecule has 0 heterocycles. The molecule has 1 amide bonds. The zero-order valence-corrected chi connectivity index (χ0v) is 13.2. The Morgan fingerprint density at radius 1 is 1.26 bits per heavy atom. The zero-order chi connectivity index (χ0) is 14.7. The minimum Gasteiger partial charge on any atom is -0.383 e. The summed E-state index contributed by atoms with van der Waals surface area (Å²) in [5, 5.41) is 3.23. The third-order valence-electron chi connectivity index (χ3n) is 3.03. The highest BCUT2D eigenvalue weighted by atomic mass is 16.5. The van der Waals surface area contributed by atoms with Crippen molar-refractivity contribution in [1.82, 2.24) is 15.1 Å². The van der Waals surface area contributed by atoms with Crippen molar-refractivity contribution in [3.8, 4) is 0 Å². The molecule has 0 saturated heterocycles. The quantitative estimate of drug-likeness (QED) is 0.601. The van der Waals surface area contributed by atoms with E-state index in [4.69, 9.17) is 4.74 Å². The Morgan fingerprint density at radius 2 is 1.95 bits per heavy atom. The second-order valence-corrected chi connectivity index (χ2v) is 5.18. The SMILES string of the molecule is CCNCC(C)C(=O)N(CCCN(C)C)CCOC. The molecule has 1 N–H and O–H groups in total. The van der Waals surface area contributed by atoms with Gasteiger partial charge in [0.05, 0.1) is 6.61 Å². The molecule has 0 spiro atoms. The molecule has 114 valence electrons. The zero-order valence-electron chi connectivity index (χ0n) is 13.2. The summed E-state index contributed by atoms with van der Waals surface area (Å²) >= 11 is 0. The standard InChI is InChI=1S/C14H31N3O2/c1-6-15-12-13(2)14(18)17(10-11-19-5)9-7-8-16(3)4/h13,15H,6-12H2,1-5H3. The number of hydrogen-bond acceptors (Lipinski definition) is 4. The molecule has 0 aromatic rings. The number of hydrogen-bond donors (Lipinski definition) is 1. The van der Waals surface area contributed by atoms with Gasteiger partial charge in [-0.1, -0.05) is 13.8 Å². The smallest absolute Gasteiger partial charge is 0.226 e. The molecule has 19 heavy (non-hydrogen) atoms. The van der Waals surface area contributed by atoms with Crippen molar-refractivity contribution < 1.29 is 9.53 Å². The van der Waals surface area contributed by atoms with Crippen LogP contribution in [0.2, 0.25) is 0 Å². The number of methoxy groups -OCH3 is 1. The summed E-state index contributed by atoms with van der Waals surface area (Å²) in [4.78, 5) is 16.4. The summed E-state index contributed by atoms with van der Waals surface area (Å²) in [7, 11) is 5.77. The van der Waals surface area contributed by atoms with Crippen LogP contribution in [0, 0.1) is 5.92 Å². The molecule has 0 fully saturated rings. The van der Waals surface area contributed by atoms with Crippen LogP contribution in [0.25, 0.3) is 0 Å². The lowest BCUT2D eigenvalue weighted by atomic mass is 10.1.